The van der Waals surface area contributed by atoms with Crippen molar-refractivity contribution in [3.05, 3.63) is 23.2 Å². The highest BCUT2D eigenvalue weighted by atomic mass is 35.5. The Balaban J connectivity index is 2.92. The van der Waals surface area contributed by atoms with Crippen molar-refractivity contribution in [2.75, 3.05) is 11.1 Å². The van der Waals surface area contributed by atoms with E-state index in [0.29, 0.717) is 6.92 Å². The van der Waals surface area contributed by atoms with Crippen molar-refractivity contribution < 1.29 is 23.1 Å². The van der Waals surface area contributed by atoms with Crippen molar-refractivity contribution in [3.63, 3.8) is 0 Å². The molecule has 0 aliphatic carbocycles. The zero-order valence-corrected chi connectivity index (χ0v) is 12.3. The minimum atomic E-state index is -5.07. The molecule has 20 heavy (non-hydrogen) atoms. The Morgan fingerprint density at radius 1 is 1.45 bits per heavy atom. The monoisotopic (exact) mass is 327 g/mol. The molecule has 1 rings (SSSR count). The number of hydrogen-bond acceptors (Lipinski definition) is 3. The highest BCUT2D eigenvalue weighted by Gasteiger charge is 2.55. The van der Waals surface area contributed by atoms with Crippen LogP contribution in [0.5, 0.6) is 0 Å². The fourth-order valence-electron chi connectivity index (χ4n) is 1.23. The van der Waals surface area contributed by atoms with Gasteiger partial charge in [0.2, 0.25) is 5.60 Å². The number of amides is 1. The Labute approximate surface area is 123 Å². The fraction of sp³-hybridized carbons (Fsp3) is 0.417. The summed E-state index contributed by atoms with van der Waals surface area (Å²) in [6.45, 7) is 2.33. The van der Waals surface area contributed by atoms with Gasteiger partial charge in [-0.2, -0.15) is 13.2 Å². The molecule has 0 radical (unpaired) electrons. The molecule has 1 aromatic carbocycles. The van der Waals surface area contributed by atoms with Gasteiger partial charge in [0.05, 0.1) is 10.7 Å². The first kappa shape index (κ1) is 17.1. The molecule has 112 valence electrons. The molecule has 1 unspecified atom stereocenters. The molecule has 0 bridgehead atoms. The number of anilines is 1. The Morgan fingerprint density at radius 3 is 2.50 bits per heavy atom. The summed E-state index contributed by atoms with van der Waals surface area (Å²) in [5, 5.41) is 11.3. The summed E-state index contributed by atoms with van der Waals surface area (Å²) >= 11 is 7.38. The molecular formula is C12H13ClF3NO2S. The summed E-state index contributed by atoms with van der Waals surface area (Å²) in [7, 11) is 0. The van der Waals surface area contributed by atoms with Crippen LogP contribution < -0.4 is 5.32 Å². The zero-order valence-electron chi connectivity index (χ0n) is 10.7. The van der Waals surface area contributed by atoms with Gasteiger partial charge >= 0.3 is 6.18 Å². The summed E-state index contributed by atoms with van der Waals surface area (Å²) in [6, 6.07) is 4.55. The van der Waals surface area contributed by atoms with Gasteiger partial charge in [-0.25, -0.2) is 0 Å². The van der Waals surface area contributed by atoms with Crippen molar-refractivity contribution in [2.45, 2.75) is 30.5 Å². The lowest BCUT2D eigenvalue weighted by molar-refractivity contribution is -0.242. The smallest absolute Gasteiger partial charge is 0.373 e. The van der Waals surface area contributed by atoms with E-state index in [1.54, 1.807) is 6.07 Å². The predicted octanol–water partition coefficient (Wildman–Crippen LogP) is 3.70. The predicted molar refractivity (Wildman–Crippen MR) is 73.2 cm³/mol. The maximum atomic E-state index is 12.5. The third-order valence-electron chi connectivity index (χ3n) is 2.49. The lowest BCUT2D eigenvalue weighted by atomic mass is 10.1. The largest absolute Gasteiger partial charge is 0.426 e. The number of rotatable bonds is 4. The third-order valence-corrected chi connectivity index (χ3v) is 3.68. The van der Waals surface area contributed by atoms with Crippen molar-refractivity contribution in [1.29, 1.82) is 0 Å². The maximum Gasteiger partial charge on any atom is 0.426 e. The van der Waals surface area contributed by atoms with E-state index in [2.05, 4.69) is 0 Å². The Kier molecular flexibility index (Phi) is 5.34. The van der Waals surface area contributed by atoms with Crippen LogP contribution in [0.3, 0.4) is 0 Å². The van der Waals surface area contributed by atoms with Crippen LogP contribution in [0.4, 0.5) is 18.9 Å². The Bertz CT molecular complexity index is 506. The highest BCUT2D eigenvalue weighted by Crippen LogP contribution is 2.33. The first-order chi connectivity index (χ1) is 9.09. The summed E-state index contributed by atoms with van der Waals surface area (Å²) in [5.41, 5.74) is -3.46. The molecule has 2 N–H and O–H groups in total. The van der Waals surface area contributed by atoms with Gasteiger partial charge in [-0.05, 0) is 30.9 Å². The second kappa shape index (κ2) is 6.24. The average molecular weight is 328 g/mol. The number of alkyl halides is 3. The quantitative estimate of drug-likeness (QED) is 0.829. The molecule has 1 atom stereocenters. The lowest BCUT2D eigenvalue weighted by Gasteiger charge is -2.25. The average Bonchev–Trinajstić information content (AvgIpc) is 2.31. The van der Waals surface area contributed by atoms with Crippen molar-refractivity contribution in [1.82, 2.24) is 0 Å². The molecule has 0 saturated heterocycles. The van der Waals surface area contributed by atoms with E-state index < -0.39 is 17.7 Å². The normalized spacial score (nSPS) is 14.8. The topological polar surface area (TPSA) is 49.3 Å². The number of nitrogens with one attached hydrogen (secondary N) is 1. The summed E-state index contributed by atoms with van der Waals surface area (Å²) in [5.74, 6) is -0.770. The molecular weight excluding hydrogens is 315 g/mol. The lowest BCUT2D eigenvalue weighted by Crippen LogP contribution is -2.52. The number of hydrogen-bond donors (Lipinski definition) is 2. The van der Waals surface area contributed by atoms with E-state index in [1.165, 1.54) is 23.9 Å². The van der Waals surface area contributed by atoms with Gasteiger partial charge < -0.3 is 10.4 Å². The second-order valence-corrected chi connectivity index (χ2v) is 5.84. The molecule has 0 aliphatic rings. The van der Waals surface area contributed by atoms with Gasteiger partial charge in [0.1, 0.15) is 0 Å². The molecule has 0 fully saturated rings. The molecule has 0 aromatic heterocycles. The number of carbonyl (C=O) groups excluding carboxylic acids is 1. The van der Waals surface area contributed by atoms with E-state index >= 15 is 0 Å². The van der Waals surface area contributed by atoms with Crippen LogP contribution in [-0.4, -0.2) is 28.5 Å². The Morgan fingerprint density at radius 2 is 2.05 bits per heavy atom. The summed E-state index contributed by atoms with van der Waals surface area (Å²) in [4.78, 5) is 12.3. The SMILES string of the molecule is CCSc1ccc(NC(=O)C(C)(O)C(F)(F)F)c(Cl)c1. The van der Waals surface area contributed by atoms with Crippen molar-refractivity contribution >= 4 is 35.0 Å². The highest BCUT2D eigenvalue weighted by molar-refractivity contribution is 7.99. The number of carbonyl (C=O) groups is 1. The number of thioether (sulfide) groups is 1. The molecule has 1 aromatic rings. The van der Waals surface area contributed by atoms with Crippen LogP contribution in [0.1, 0.15) is 13.8 Å². The minimum absolute atomic E-state index is 0.0154. The van der Waals surface area contributed by atoms with Gasteiger partial charge in [-0.15, -0.1) is 11.8 Å². The van der Waals surface area contributed by atoms with Crippen molar-refractivity contribution in [3.8, 4) is 0 Å². The van der Waals surface area contributed by atoms with E-state index in [4.69, 9.17) is 11.6 Å². The zero-order chi connectivity index (χ0) is 15.6. The number of aliphatic hydroxyl groups is 1. The van der Waals surface area contributed by atoms with Crippen LogP contribution in [0, 0.1) is 0 Å². The van der Waals surface area contributed by atoms with E-state index in [9.17, 15) is 23.1 Å². The van der Waals surface area contributed by atoms with Gasteiger partial charge in [-0.3, -0.25) is 4.79 Å². The first-order valence-electron chi connectivity index (χ1n) is 5.62. The summed E-state index contributed by atoms with van der Waals surface area (Å²) < 4.78 is 37.5. The molecule has 8 heteroatoms. The Hall–Kier alpha value is -0.920. The van der Waals surface area contributed by atoms with Crippen molar-refractivity contribution in [2.24, 2.45) is 0 Å². The van der Waals surface area contributed by atoms with Gasteiger partial charge in [-0.1, -0.05) is 18.5 Å². The third kappa shape index (κ3) is 3.80. The fourth-order valence-corrected chi connectivity index (χ4v) is 2.22. The van der Waals surface area contributed by atoms with E-state index in [0.717, 1.165) is 10.6 Å². The molecule has 0 heterocycles. The minimum Gasteiger partial charge on any atom is -0.373 e. The second-order valence-electron chi connectivity index (χ2n) is 4.10. The molecule has 0 aliphatic heterocycles. The van der Waals surface area contributed by atoms with Gasteiger partial charge in [0, 0.05) is 4.90 Å². The molecule has 0 saturated carbocycles. The summed E-state index contributed by atoms with van der Waals surface area (Å²) in [6.07, 6.45) is -5.07. The number of benzene rings is 1. The molecule has 3 nitrogen and oxygen atoms in total. The van der Waals surface area contributed by atoms with Crippen LogP contribution in [0.2, 0.25) is 5.02 Å². The standard InChI is InChI=1S/C12H13ClF3NO2S/c1-3-20-7-4-5-9(8(13)6-7)17-10(18)11(2,19)12(14,15)16/h4-6,19H,3H2,1-2H3,(H,17,18). The van der Waals surface area contributed by atoms with Gasteiger partial charge in [0.25, 0.3) is 5.91 Å². The van der Waals surface area contributed by atoms with Gasteiger partial charge in [0.15, 0.2) is 0 Å². The molecule has 1 amide bonds. The van der Waals surface area contributed by atoms with Crippen LogP contribution in [0.25, 0.3) is 0 Å². The van der Waals surface area contributed by atoms with Crippen LogP contribution in [0.15, 0.2) is 23.1 Å². The number of halogens is 4. The van der Waals surface area contributed by atoms with Crippen LogP contribution in [-0.2, 0) is 4.79 Å². The van der Waals surface area contributed by atoms with Crippen LogP contribution >= 0.6 is 23.4 Å². The van der Waals surface area contributed by atoms with E-state index in [-0.39, 0.29) is 10.7 Å². The maximum absolute atomic E-state index is 12.5. The van der Waals surface area contributed by atoms with E-state index in [1.807, 2.05) is 12.2 Å². The first-order valence-corrected chi connectivity index (χ1v) is 6.99. The molecule has 0 spiro atoms.